The van der Waals surface area contributed by atoms with Crippen molar-refractivity contribution in [3.63, 3.8) is 0 Å². The molecule has 0 bridgehead atoms. The minimum Gasteiger partial charge on any atom is -0.331 e. The van der Waals surface area contributed by atoms with E-state index < -0.39 is 0 Å². The van der Waals surface area contributed by atoms with E-state index in [-0.39, 0.29) is 0 Å². The van der Waals surface area contributed by atoms with Gasteiger partial charge in [0.25, 0.3) is 0 Å². The molecule has 2 nitrogen and oxygen atoms in total. The van der Waals surface area contributed by atoms with Crippen molar-refractivity contribution in [3.8, 4) is 0 Å². The Hall–Kier alpha value is -1.87. The molecule has 0 spiro atoms. The topological polar surface area (TPSA) is 24.9 Å². The van der Waals surface area contributed by atoms with Gasteiger partial charge in [0.1, 0.15) is 0 Å². The number of benzene rings is 2. The number of aryl methyl sites for hydroxylation is 2. The van der Waals surface area contributed by atoms with Crippen LogP contribution in [0.25, 0.3) is 10.2 Å². The third-order valence-corrected chi connectivity index (χ3v) is 4.20. The SMILES string of the molecule is CCc1ccccc1Nc1nc2c(C)cccc2s1. The van der Waals surface area contributed by atoms with Gasteiger partial charge in [0.05, 0.1) is 10.2 Å². The van der Waals surface area contributed by atoms with Crippen LogP contribution in [0.15, 0.2) is 42.5 Å². The molecule has 0 saturated heterocycles. The molecule has 3 heteroatoms. The molecule has 0 amide bonds. The van der Waals surface area contributed by atoms with E-state index in [1.807, 2.05) is 0 Å². The number of aromatic nitrogens is 1. The number of para-hydroxylation sites is 2. The van der Waals surface area contributed by atoms with E-state index in [1.165, 1.54) is 15.8 Å². The predicted octanol–water partition coefficient (Wildman–Crippen LogP) is 4.91. The van der Waals surface area contributed by atoms with Gasteiger partial charge >= 0.3 is 0 Å². The Labute approximate surface area is 117 Å². The number of anilines is 2. The summed E-state index contributed by atoms with van der Waals surface area (Å²) in [5.41, 5.74) is 4.80. The number of nitrogens with one attached hydrogen (secondary N) is 1. The molecule has 0 aliphatic heterocycles. The summed E-state index contributed by atoms with van der Waals surface area (Å²) in [5.74, 6) is 0. The van der Waals surface area contributed by atoms with Crippen LogP contribution < -0.4 is 5.32 Å². The highest BCUT2D eigenvalue weighted by molar-refractivity contribution is 7.22. The van der Waals surface area contributed by atoms with Crippen molar-refractivity contribution < 1.29 is 0 Å². The van der Waals surface area contributed by atoms with Gasteiger partial charge in [-0.1, -0.05) is 48.6 Å². The molecule has 1 N–H and O–H groups in total. The second-order valence-corrected chi connectivity index (χ2v) is 5.61. The molecule has 0 aliphatic carbocycles. The minimum absolute atomic E-state index is 0.963. The summed E-state index contributed by atoms with van der Waals surface area (Å²) >= 11 is 1.70. The van der Waals surface area contributed by atoms with Gasteiger partial charge < -0.3 is 5.32 Å². The molecule has 3 rings (SSSR count). The van der Waals surface area contributed by atoms with Crippen molar-refractivity contribution in [2.75, 3.05) is 5.32 Å². The van der Waals surface area contributed by atoms with Gasteiger partial charge in [-0.25, -0.2) is 4.98 Å². The van der Waals surface area contributed by atoms with Crippen molar-refractivity contribution in [2.45, 2.75) is 20.3 Å². The Morgan fingerprint density at radius 1 is 1.11 bits per heavy atom. The van der Waals surface area contributed by atoms with E-state index in [0.29, 0.717) is 0 Å². The summed E-state index contributed by atoms with van der Waals surface area (Å²) in [6, 6.07) is 14.7. The van der Waals surface area contributed by atoms with Crippen molar-refractivity contribution in [2.24, 2.45) is 0 Å². The Kier molecular flexibility index (Phi) is 3.22. The summed E-state index contributed by atoms with van der Waals surface area (Å²) in [5, 5.41) is 4.41. The third kappa shape index (κ3) is 2.34. The Morgan fingerprint density at radius 2 is 1.95 bits per heavy atom. The number of thiazole rings is 1. The smallest absolute Gasteiger partial charge is 0.188 e. The first-order valence-corrected chi connectivity index (χ1v) is 7.30. The minimum atomic E-state index is 0.963. The molecule has 2 aromatic carbocycles. The van der Waals surface area contributed by atoms with Crippen LogP contribution in [0.5, 0.6) is 0 Å². The lowest BCUT2D eigenvalue weighted by molar-refractivity contribution is 1.14. The van der Waals surface area contributed by atoms with Gasteiger partial charge in [0.15, 0.2) is 5.13 Å². The summed E-state index contributed by atoms with van der Waals surface area (Å²) in [4.78, 5) is 4.69. The Bertz CT molecular complexity index is 716. The molecule has 0 saturated carbocycles. The molecule has 1 aromatic heterocycles. The Morgan fingerprint density at radius 3 is 2.74 bits per heavy atom. The highest BCUT2D eigenvalue weighted by Gasteiger charge is 2.07. The van der Waals surface area contributed by atoms with Gasteiger partial charge in [0.2, 0.25) is 0 Å². The van der Waals surface area contributed by atoms with Gasteiger partial charge in [-0.2, -0.15) is 0 Å². The fourth-order valence-corrected chi connectivity index (χ4v) is 3.16. The van der Waals surface area contributed by atoms with E-state index in [1.54, 1.807) is 11.3 Å². The second-order valence-electron chi connectivity index (χ2n) is 4.58. The normalized spacial score (nSPS) is 10.8. The summed E-state index contributed by atoms with van der Waals surface area (Å²) < 4.78 is 1.23. The highest BCUT2D eigenvalue weighted by Crippen LogP contribution is 2.30. The van der Waals surface area contributed by atoms with Crippen LogP contribution in [0.4, 0.5) is 10.8 Å². The molecular formula is C16H16N2S. The lowest BCUT2D eigenvalue weighted by atomic mass is 10.1. The molecule has 0 aliphatic rings. The van der Waals surface area contributed by atoms with E-state index >= 15 is 0 Å². The summed E-state index contributed by atoms with van der Waals surface area (Å²) in [6.07, 6.45) is 1.02. The maximum atomic E-state index is 4.69. The zero-order valence-corrected chi connectivity index (χ0v) is 11.9. The molecular weight excluding hydrogens is 252 g/mol. The standard InChI is InChI=1S/C16H16N2S/c1-3-12-8-4-5-9-13(12)17-16-18-15-11(2)7-6-10-14(15)19-16/h4-10H,3H2,1-2H3,(H,17,18). The maximum Gasteiger partial charge on any atom is 0.188 e. The third-order valence-electron chi connectivity index (χ3n) is 3.26. The van der Waals surface area contributed by atoms with Gasteiger partial charge in [-0.3, -0.25) is 0 Å². The van der Waals surface area contributed by atoms with Crippen LogP contribution in [0.2, 0.25) is 0 Å². The second kappa shape index (κ2) is 5.02. The molecule has 0 radical (unpaired) electrons. The lowest BCUT2D eigenvalue weighted by Gasteiger charge is -2.07. The molecule has 1 heterocycles. The average molecular weight is 268 g/mol. The van der Waals surface area contributed by atoms with E-state index in [0.717, 1.165) is 22.8 Å². The number of hydrogen-bond donors (Lipinski definition) is 1. The van der Waals surface area contributed by atoms with Crippen molar-refractivity contribution >= 4 is 32.4 Å². The van der Waals surface area contributed by atoms with Crippen molar-refractivity contribution in [1.29, 1.82) is 0 Å². The quantitative estimate of drug-likeness (QED) is 0.730. The monoisotopic (exact) mass is 268 g/mol. The van der Waals surface area contributed by atoms with Crippen LogP contribution >= 0.6 is 11.3 Å². The van der Waals surface area contributed by atoms with Crippen LogP contribution in [-0.4, -0.2) is 4.98 Å². The fraction of sp³-hybridized carbons (Fsp3) is 0.188. The van der Waals surface area contributed by atoms with E-state index in [4.69, 9.17) is 4.98 Å². The molecule has 0 atom stereocenters. The first-order chi connectivity index (χ1) is 9.28. The Balaban J connectivity index is 1.99. The number of nitrogens with zero attached hydrogens (tertiary/aromatic N) is 1. The molecule has 0 unspecified atom stereocenters. The van der Waals surface area contributed by atoms with E-state index in [2.05, 4.69) is 61.6 Å². The molecule has 0 fully saturated rings. The van der Waals surface area contributed by atoms with Gasteiger partial charge in [-0.05, 0) is 36.6 Å². The van der Waals surface area contributed by atoms with Crippen LogP contribution in [0, 0.1) is 6.92 Å². The van der Waals surface area contributed by atoms with E-state index in [9.17, 15) is 0 Å². The van der Waals surface area contributed by atoms with Crippen LogP contribution in [0.3, 0.4) is 0 Å². The van der Waals surface area contributed by atoms with Gasteiger partial charge in [-0.15, -0.1) is 0 Å². The largest absolute Gasteiger partial charge is 0.331 e. The van der Waals surface area contributed by atoms with Crippen molar-refractivity contribution in [3.05, 3.63) is 53.6 Å². The first kappa shape index (κ1) is 12.2. The fourth-order valence-electron chi connectivity index (χ4n) is 2.21. The van der Waals surface area contributed by atoms with Crippen LogP contribution in [0.1, 0.15) is 18.1 Å². The summed E-state index contributed by atoms with van der Waals surface area (Å²) in [7, 11) is 0. The molecule has 19 heavy (non-hydrogen) atoms. The van der Waals surface area contributed by atoms with Crippen LogP contribution in [-0.2, 0) is 6.42 Å². The number of fused-ring (bicyclic) bond motifs is 1. The summed E-state index contributed by atoms with van der Waals surface area (Å²) in [6.45, 7) is 4.27. The maximum absolute atomic E-state index is 4.69. The zero-order valence-electron chi connectivity index (χ0n) is 11.1. The molecule has 96 valence electrons. The first-order valence-electron chi connectivity index (χ1n) is 6.49. The average Bonchev–Trinajstić information content (AvgIpc) is 2.83. The predicted molar refractivity (Wildman–Crippen MR) is 83.5 cm³/mol. The molecule has 3 aromatic rings. The number of rotatable bonds is 3. The van der Waals surface area contributed by atoms with Crippen molar-refractivity contribution in [1.82, 2.24) is 4.98 Å². The van der Waals surface area contributed by atoms with Gasteiger partial charge in [0, 0.05) is 5.69 Å². The zero-order chi connectivity index (χ0) is 13.2. The highest BCUT2D eigenvalue weighted by atomic mass is 32.1. The number of hydrogen-bond acceptors (Lipinski definition) is 3. The lowest BCUT2D eigenvalue weighted by Crippen LogP contribution is -1.94.